The molecule has 1 aliphatic rings. The first-order chi connectivity index (χ1) is 12.8. The van der Waals surface area contributed by atoms with E-state index >= 15 is 0 Å². The van der Waals surface area contributed by atoms with Gasteiger partial charge in [0, 0.05) is 45.1 Å². The molecule has 5 nitrogen and oxygen atoms in total. The second-order valence-corrected chi connectivity index (χ2v) is 7.68. The van der Waals surface area contributed by atoms with Crippen LogP contribution in [0, 0.1) is 0 Å². The van der Waals surface area contributed by atoms with Crippen molar-refractivity contribution in [3.05, 3.63) is 60.4 Å². The number of aromatic nitrogens is 2. The van der Waals surface area contributed by atoms with Crippen molar-refractivity contribution in [1.29, 1.82) is 0 Å². The molecule has 0 amide bonds. The second kappa shape index (κ2) is 7.95. The van der Waals surface area contributed by atoms with E-state index in [1.54, 1.807) is 11.3 Å². The van der Waals surface area contributed by atoms with Crippen molar-refractivity contribution in [2.45, 2.75) is 6.54 Å². The van der Waals surface area contributed by atoms with E-state index in [-0.39, 0.29) is 0 Å². The minimum Gasteiger partial charge on any atom is -0.316 e. The number of hydrogen-bond acceptors (Lipinski definition) is 6. The van der Waals surface area contributed by atoms with Gasteiger partial charge in [-0.3, -0.25) is 4.90 Å². The van der Waals surface area contributed by atoms with Crippen LogP contribution < -0.4 is 5.32 Å². The minimum atomic E-state index is 0.852. The van der Waals surface area contributed by atoms with E-state index in [4.69, 9.17) is 0 Å². The number of nitrogens with zero attached hydrogens (tertiary/aromatic N) is 4. The third-order valence-electron chi connectivity index (χ3n) is 4.63. The average molecular weight is 366 g/mol. The molecule has 0 atom stereocenters. The SMILES string of the molecule is CN1CCN(Cc2ccnc(Nc3ncc(-c4ccccc4)s3)c2)CC1. The molecule has 1 N–H and O–H groups in total. The predicted octanol–water partition coefficient (Wildman–Crippen LogP) is 3.70. The Morgan fingerprint density at radius 2 is 1.85 bits per heavy atom. The number of piperazine rings is 1. The van der Waals surface area contributed by atoms with E-state index in [0.717, 1.165) is 48.6 Å². The highest BCUT2D eigenvalue weighted by molar-refractivity contribution is 7.18. The lowest BCUT2D eigenvalue weighted by atomic mass is 10.2. The van der Waals surface area contributed by atoms with Crippen LogP contribution in [0.5, 0.6) is 0 Å². The Morgan fingerprint density at radius 1 is 1.04 bits per heavy atom. The normalized spacial score (nSPS) is 15.9. The summed E-state index contributed by atoms with van der Waals surface area (Å²) in [7, 11) is 2.18. The van der Waals surface area contributed by atoms with Crippen molar-refractivity contribution in [2.75, 3.05) is 38.5 Å². The first-order valence-electron chi connectivity index (χ1n) is 8.90. The highest BCUT2D eigenvalue weighted by Crippen LogP contribution is 2.30. The Bertz CT molecular complexity index is 840. The highest BCUT2D eigenvalue weighted by atomic mass is 32.1. The number of hydrogen-bond donors (Lipinski definition) is 1. The summed E-state index contributed by atoms with van der Waals surface area (Å²) in [5, 5.41) is 4.22. The number of nitrogens with one attached hydrogen (secondary N) is 1. The fourth-order valence-corrected chi connectivity index (χ4v) is 3.91. The van der Waals surface area contributed by atoms with Gasteiger partial charge in [-0.15, -0.1) is 0 Å². The van der Waals surface area contributed by atoms with Crippen molar-refractivity contribution in [2.24, 2.45) is 0 Å². The Hall–Kier alpha value is -2.28. The molecule has 1 fully saturated rings. The van der Waals surface area contributed by atoms with E-state index in [9.17, 15) is 0 Å². The maximum atomic E-state index is 4.49. The van der Waals surface area contributed by atoms with Gasteiger partial charge >= 0.3 is 0 Å². The van der Waals surface area contributed by atoms with Crippen LogP contribution in [0.1, 0.15) is 5.56 Å². The number of pyridine rings is 1. The Kier molecular flexibility index (Phi) is 5.24. The van der Waals surface area contributed by atoms with Gasteiger partial charge in [-0.1, -0.05) is 41.7 Å². The summed E-state index contributed by atoms with van der Waals surface area (Å²) in [4.78, 5) is 15.0. The van der Waals surface area contributed by atoms with Gasteiger partial charge in [-0.25, -0.2) is 9.97 Å². The van der Waals surface area contributed by atoms with Crippen molar-refractivity contribution in [3.63, 3.8) is 0 Å². The Balaban J connectivity index is 1.42. The summed E-state index contributed by atoms with van der Waals surface area (Å²) in [6.07, 6.45) is 3.79. The van der Waals surface area contributed by atoms with Gasteiger partial charge in [0.1, 0.15) is 5.82 Å². The number of rotatable bonds is 5. The molecule has 3 aromatic rings. The lowest BCUT2D eigenvalue weighted by Gasteiger charge is -2.32. The summed E-state index contributed by atoms with van der Waals surface area (Å²) in [6.45, 7) is 5.48. The minimum absolute atomic E-state index is 0.852. The van der Waals surface area contributed by atoms with E-state index < -0.39 is 0 Å². The molecular weight excluding hydrogens is 342 g/mol. The molecule has 2 aromatic heterocycles. The first kappa shape index (κ1) is 17.1. The molecule has 0 aliphatic carbocycles. The monoisotopic (exact) mass is 365 g/mol. The lowest BCUT2D eigenvalue weighted by molar-refractivity contribution is 0.148. The Labute approximate surface area is 158 Å². The number of likely N-dealkylation sites (N-methyl/N-ethyl adjacent to an activating group) is 1. The molecule has 6 heteroatoms. The average Bonchev–Trinajstić information content (AvgIpc) is 3.13. The van der Waals surface area contributed by atoms with Gasteiger partial charge in [-0.05, 0) is 30.3 Å². The number of thiazole rings is 1. The van der Waals surface area contributed by atoms with Crippen LogP contribution in [0.25, 0.3) is 10.4 Å². The molecule has 4 rings (SSSR count). The van der Waals surface area contributed by atoms with E-state index in [1.807, 2.05) is 30.6 Å². The third-order valence-corrected chi connectivity index (χ3v) is 5.59. The topological polar surface area (TPSA) is 44.3 Å². The summed E-state index contributed by atoms with van der Waals surface area (Å²) >= 11 is 1.64. The van der Waals surface area contributed by atoms with E-state index in [0.29, 0.717) is 0 Å². The van der Waals surface area contributed by atoms with Gasteiger partial charge in [-0.2, -0.15) is 0 Å². The molecule has 1 aromatic carbocycles. The summed E-state index contributed by atoms with van der Waals surface area (Å²) in [6, 6.07) is 14.6. The van der Waals surface area contributed by atoms with Crippen LogP contribution >= 0.6 is 11.3 Å². The molecule has 134 valence electrons. The maximum absolute atomic E-state index is 4.49. The molecule has 3 heterocycles. The van der Waals surface area contributed by atoms with Gasteiger partial charge in [0.25, 0.3) is 0 Å². The molecule has 0 spiro atoms. The van der Waals surface area contributed by atoms with Gasteiger partial charge in [0.15, 0.2) is 5.13 Å². The first-order valence-corrected chi connectivity index (χ1v) is 9.72. The van der Waals surface area contributed by atoms with Gasteiger partial charge in [0.2, 0.25) is 0 Å². The summed E-state index contributed by atoms with van der Waals surface area (Å²) in [5.74, 6) is 0.852. The zero-order valence-corrected chi connectivity index (χ0v) is 15.7. The highest BCUT2D eigenvalue weighted by Gasteiger charge is 2.14. The molecule has 1 aliphatic heterocycles. The summed E-state index contributed by atoms with van der Waals surface area (Å²) < 4.78 is 0. The number of anilines is 2. The fraction of sp³-hybridized carbons (Fsp3) is 0.300. The Morgan fingerprint density at radius 3 is 2.65 bits per heavy atom. The smallest absolute Gasteiger partial charge is 0.188 e. The van der Waals surface area contributed by atoms with Crippen molar-refractivity contribution in [3.8, 4) is 10.4 Å². The summed E-state index contributed by atoms with van der Waals surface area (Å²) in [5.41, 5.74) is 2.47. The number of benzene rings is 1. The molecule has 0 bridgehead atoms. The molecule has 0 unspecified atom stereocenters. The molecular formula is C20H23N5S. The van der Waals surface area contributed by atoms with Crippen LogP contribution in [-0.4, -0.2) is 53.0 Å². The quantitative estimate of drug-likeness (QED) is 0.747. The van der Waals surface area contributed by atoms with Crippen LogP contribution in [0.4, 0.5) is 10.9 Å². The van der Waals surface area contributed by atoms with Crippen LogP contribution in [0.2, 0.25) is 0 Å². The molecule has 26 heavy (non-hydrogen) atoms. The van der Waals surface area contributed by atoms with Crippen LogP contribution in [0.15, 0.2) is 54.9 Å². The van der Waals surface area contributed by atoms with Crippen molar-refractivity contribution >= 4 is 22.3 Å². The molecule has 1 saturated heterocycles. The van der Waals surface area contributed by atoms with Crippen LogP contribution in [-0.2, 0) is 6.54 Å². The van der Waals surface area contributed by atoms with Crippen LogP contribution in [0.3, 0.4) is 0 Å². The predicted molar refractivity (Wildman–Crippen MR) is 108 cm³/mol. The molecule has 0 saturated carbocycles. The lowest BCUT2D eigenvalue weighted by Crippen LogP contribution is -2.43. The fourth-order valence-electron chi connectivity index (χ4n) is 3.08. The maximum Gasteiger partial charge on any atom is 0.188 e. The molecule has 0 radical (unpaired) electrons. The largest absolute Gasteiger partial charge is 0.316 e. The van der Waals surface area contributed by atoms with Gasteiger partial charge < -0.3 is 10.2 Å². The third kappa shape index (κ3) is 4.27. The van der Waals surface area contributed by atoms with E-state index in [2.05, 4.69) is 56.4 Å². The van der Waals surface area contributed by atoms with E-state index in [1.165, 1.54) is 11.1 Å². The zero-order valence-electron chi connectivity index (χ0n) is 14.9. The van der Waals surface area contributed by atoms with Crippen molar-refractivity contribution < 1.29 is 0 Å². The second-order valence-electron chi connectivity index (χ2n) is 6.65. The van der Waals surface area contributed by atoms with Gasteiger partial charge in [0.05, 0.1) is 4.88 Å². The standard InChI is InChI=1S/C20H23N5S/c1-24-9-11-25(12-10-24)15-16-7-8-21-19(13-16)23-20-22-14-18(26-20)17-5-3-2-4-6-17/h2-8,13-14H,9-12,15H2,1H3,(H,21,22,23). The van der Waals surface area contributed by atoms with Crippen molar-refractivity contribution in [1.82, 2.24) is 19.8 Å². The zero-order chi connectivity index (χ0) is 17.8.